The molecule has 1 saturated heterocycles. The van der Waals surface area contributed by atoms with E-state index in [1.165, 1.54) is 0 Å². The molecule has 0 aromatic heterocycles. The second-order valence-corrected chi connectivity index (χ2v) is 5.67. The van der Waals surface area contributed by atoms with Crippen LogP contribution in [0.2, 0.25) is 10.0 Å². The van der Waals surface area contributed by atoms with Crippen molar-refractivity contribution >= 4 is 29.1 Å². The molecule has 5 nitrogen and oxygen atoms in total. The van der Waals surface area contributed by atoms with Gasteiger partial charge in [-0.25, -0.2) is 4.79 Å². The molecule has 2 aliphatic rings. The van der Waals surface area contributed by atoms with E-state index in [4.69, 9.17) is 32.7 Å². The van der Waals surface area contributed by atoms with Crippen LogP contribution in [0.1, 0.15) is 0 Å². The van der Waals surface area contributed by atoms with Gasteiger partial charge in [0, 0.05) is 38.3 Å². The summed E-state index contributed by atoms with van der Waals surface area (Å²) < 4.78 is 11.5. The molecule has 0 saturated carbocycles. The van der Waals surface area contributed by atoms with Crippen molar-refractivity contribution in [2.24, 2.45) is 0 Å². The third kappa shape index (κ3) is 2.97. The predicted octanol–water partition coefficient (Wildman–Crippen LogP) is 1.75. The molecule has 1 fully saturated rings. The normalized spacial score (nSPS) is 20.9. The van der Waals surface area contributed by atoms with Gasteiger partial charge in [0.25, 0.3) is 0 Å². The molecule has 112 valence electrons. The Morgan fingerprint density at radius 3 is 2.57 bits per heavy atom. The highest BCUT2D eigenvalue weighted by Gasteiger charge is 2.30. The van der Waals surface area contributed by atoms with Crippen LogP contribution in [0.5, 0.6) is 11.5 Å². The van der Waals surface area contributed by atoms with Crippen LogP contribution in [0.25, 0.3) is 0 Å². The monoisotopic (exact) mass is 328 g/mol. The van der Waals surface area contributed by atoms with Gasteiger partial charge in [-0.1, -0.05) is 23.2 Å². The van der Waals surface area contributed by atoms with Crippen LogP contribution in [-0.2, 0) is 4.79 Å². The highest BCUT2D eigenvalue weighted by Crippen LogP contribution is 2.39. The fourth-order valence-electron chi connectivity index (χ4n) is 2.44. The Balaban J connectivity index is 1.81. The average Bonchev–Trinajstić information content (AvgIpc) is 2.50. The van der Waals surface area contributed by atoms with Gasteiger partial charge in [-0.3, -0.25) is 0 Å². The van der Waals surface area contributed by atoms with Crippen LogP contribution in [0.4, 0.5) is 0 Å². The van der Waals surface area contributed by atoms with Crippen LogP contribution in [0.15, 0.2) is 17.8 Å². The topological polar surface area (TPSA) is 50.8 Å². The number of carbonyl (C=O) groups excluding carboxylic acids is 1. The summed E-state index contributed by atoms with van der Waals surface area (Å²) in [5, 5.41) is 4.03. The molecule has 1 unspecified atom stereocenters. The fraction of sp³-hybridized carbons (Fsp3) is 0.429. The van der Waals surface area contributed by atoms with E-state index in [1.807, 2.05) is 10.8 Å². The number of hydrogen-bond acceptors (Lipinski definition) is 5. The van der Waals surface area contributed by atoms with Gasteiger partial charge in [-0.05, 0) is 0 Å². The summed E-state index contributed by atoms with van der Waals surface area (Å²) in [4.78, 5) is 13.3. The number of halogens is 2. The van der Waals surface area contributed by atoms with Gasteiger partial charge in [0.1, 0.15) is 18.2 Å². The zero-order valence-corrected chi connectivity index (χ0v) is 12.7. The van der Waals surface area contributed by atoms with E-state index in [0.717, 1.165) is 26.2 Å². The van der Waals surface area contributed by atoms with Gasteiger partial charge >= 0.3 is 0 Å². The number of ether oxygens (including phenoxy) is 2. The summed E-state index contributed by atoms with van der Waals surface area (Å²) in [5.74, 6) is 3.02. The maximum atomic E-state index is 11.3. The van der Waals surface area contributed by atoms with E-state index in [2.05, 4.69) is 5.32 Å². The number of rotatable bonds is 2. The number of piperazine rings is 1. The lowest BCUT2D eigenvalue weighted by Crippen LogP contribution is -2.47. The first-order valence-corrected chi connectivity index (χ1v) is 7.44. The number of benzene rings is 1. The number of fused-ring (bicyclic) bond motifs is 1. The van der Waals surface area contributed by atoms with E-state index in [0.29, 0.717) is 27.2 Å². The molecule has 1 aromatic carbocycles. The lowest BCUT2D eigenvalue weighted by Gasteiger charge is -2.35. The zero-order valence-electron chi connectivity index (χ0n) is 11.2. The zero-order chi connectivity index (χ0) is 14.8. The SMILES string of the molecule is O=C=C(C1COc2cc(Cl)c(Cl)cc2O1)N1CCNCC1. The van der Waals surface area contributed by atoms with Crippen LogP contribution >= 0.6 is 23.2 Å². The van der Waals surface area contributed by atoms with Crippen molar-refractivity contribution in [3.8, 4) is 11.5 Å². The van der Waals surface area contributed by atoms with Crippen LogP contribution in [-0.4, -0.2) is 49.7 Å². The highest BCUT2D eigenvalue weighted by molar-refractivity contribution is 6.42. The molecule has 0 aliphatic carbocycles. The Kier molecular flexibility index (Phi) is 4.27. The molecular formula is C14H14Cl2N2O3. The van der Waals surface area contributed by atoms with Crippen LogP contribution < -0.4 is 14.8 Å². The molecule has 7 heteroatoms. The Morgan fingerprint density at radius 2 is 1.90 bits per heavy atom. The molecule has 0 amide bonds. The first-order chi connectivity index (χ1) is 10.2. The lowest BCUT2D eigenvalue weighted by molar-refractivity contribution is 0.0900. The first kappa shape index (κ1) is 14.5. The Bertz CT molecular complexity index is 596. The Labute approximate surface area is 132 Å². The van der Waals surface area contributed by atoms with Crippen LogP contribution in [0, 0.1) is 0 Å². The van der Waals surface area contributed by atoms with E-state index >= 15 is 0 Å². The van der Waals surface area contributed by atoms with Crippen molar-refractivity contribution in [3.05, 3.63) is 27.9 Å². The molecule has 1 aromatic rings. The Hall–Kier alpha value is -1.39. The molecule has 3 rings (SSSR count). The molecule has 2 aliphatic heterocycles. The van der Waals surface area contributed by atoms with Gasteiger partial charge in [-0.15, -0.1) is 0 Å². The quantitative estimate of drug-likeness (QED) is 0.838. The number of nitrogens with zero attached hydrogens (tertiary/aromatic N) is 1. The number of nitrogens with one attached hydrogen (secondary N) is 1. The molecule has 2 heterocycles. The molecule has 1 atom stereocenters. The van der Waals surface area contributed by atoms with E-state index in [1.54, 1.807) is 12.1 Å². The van der Waals surface area contributed by atoms with Gasteiger partial charge in [0.15, 0.2) is 17.6 Å². The predicted molar refractivity (Wildman–Crippen MR) is 80.0 cm³/mol. The van der Waals surface area contributed by atoms with E-state index in [9.17, 15) is 4.79 Å². The largest absolute Gasteiger partial charge is 0.485 e. The van der Waals surface area contributed by atoms with E-state index < -0.39 is 6.10 Å². The average molecular weight is 329 g/mol. The van der Waals surface area contributed by atoms with Crippen molar-refractivity contribution in [2.75, 3.05) is 32.8 Å². The summed E-state index contributed by atoms with van der Waals surface area (Å²) in [6.07, 6.45) is -0.481. The summed E-state index contributed by atoms with van der Waals surface area (Å²) in [5.41, 5.74) is 0.480. The lowest BCUT2D eigenvalue weighted by atomic mass is 10.2. The molecule has 1 N–H and O–H groups in total. The summed E-state index contributed by atoms with van der Waals surface area (Å²) in [6, 6.07) is 3.22. The smallest absolute Gasteiger partial charge is 0.183 e. The van der Waals surface area contributed by atoms with Gasteiger partial charge in [0.2, 0.25) is 0 Å². The minimum atomic E-state index is -0.481. The maximum Gasteiger partial charge on any atom is 0.183 e. The molecule has 21 heavy (non-hydrogen) atoms. The molecular weight excluding hydrogens is 315 g/mol. The molecule has 0 radical (unpaired) electrons. The summed E-state index contributed by atoms with van der Waals surface area (Å²) in [7, 11) is 0. The van der Waals surface area contributed by atoms with Crippen molar-refractivity contribution in [2.45, 2.75) is 6.10 Å². The van der Waals surface area contributed by atoms with E-state index in [-0.39, 0.29) is 6.61 Å². The van der Waals surface area contributed by atoms with Gasteiger partial charge < -0.3 is 19.7 Å². The van der Waals surface area contributed by atoms with Crippen molar-refractivity contribution < 1.29 is 14.3 Å². The fourth-order valence-corrected chi connectivity index (χ4v) is 2.75. The second-order valence-electron chi connectivity index (χ2n) is 4.85. The molecule has 0 spiro atoms. The summed E-state index contributed by atoms with van der Waals surface area (Å²) in [6.45, 7) is 3.41. The second kappa shape index (κ2) is 6.16. The number of hydrogen-bond donors (Lipinski definition) is 1. The first-order valence-electron chi connectivity index (χ1n) is 6.68. The van der Waals surface area contributed by atoms with Gasteiger partial charge in [0.05, 0.1) is 10.0 Å². The van der Waals surface area contributed by atoms with Gasteiger partial charge in [-0.2, -0.15) is 0 Å². The molecule has 0 bridgehead atoms. The third-order valence-corrected chi connectivity index (χ3v) is 4.24. The third-order valence-electron chi connectivity index (χ3n) is 3.51. The van der Waals surface area contributed by atoms with Crippen molar-refractivity contribution in [1.82, 2.24) is 10.2 Å². The minimum absolute atomic E-state index is 0.249. The standard InChI is InChI=1S/C14H14Cl2N2O3/c15-9-5-12-13(6-10(9)16)21-14(8-20-12)11(7-19)18-3-1-17-2-4-18/h5-6,14,17H,1-4,8H2. The van der Waals surface area contributed by atoms with Crippen LogP contribution in [0.3, 0.4) is 0 Å². The maximum absolute atomic E-state index is 11.3. The summed E-state index contributed by atoms with van der Waals surface area (Å²) >= 11 is 11.9. The van der Waals surface area contributed by atoms with Crippen molar-refractivity contribution in [3.63, 3.8) is 0 Å². The van der Waals surface area contributed by atoms with Crippen molar-refractivity contribution in [1.29, 1.82) is 0 Å². The Morgan fingerprint density at radius 1 is 1.24 bits per heavy atom. The highest BCUT2D eigenvalue weighted by atomic mass is 35.5. The minimum Gasteiger partial charge on any atom is -0.485 e.